The zero-order valence-corrected chi connectivity index (χ0v) is 11.6. The summed E-state index contributed by atoms with van der Waals surface area (Å²) >= 11 is 5.80. The highest BCUT2D eigenvalue weighted by Gasteiger charge is 2.15. The van der Waals surface area contributed by atoms with E-state index in [2.05, 4.69) is 5.32 Å². The fraction of sp³-hybridized carbons (Fsp3) is 0.133. The monoisotopic (exact) mass is 292 g/mol. The lowest BCUT2D eigenvalue weighted by atomic mass is 10.1. The van der Waals surface area contributed by atoms with E-state index < -0.39 is 11.7 Å². The third kappa shape index (κ3) is 3.27. The van der Waals surface area contributed by atoms with E-state index in [1.165, 1.54) is 12.1 Å². The molecular formula is C15H14ClFN2O. The maximum Gasteiger partial charge on any atom is 0.254 e. The maximum atomic E-state index is 13.6. The largest absolute Gasteiger partial charge is 0.399 e. The van der Waals surface area contributed by atoms with Crippen LogP contribution in [0, 0.1) is 5.82 Å². The first-order valence-electron chi connectivity index (χ1n) is 6.08. The van der Waals surface area contributed by atoms with Gasteiger partial charge >= 0.3 is 0 Å². The molecule has 0 aromatic heterocycles. The highest BCUT2D eigenvalue weighted by atomic mass is 35.5. The van der Waals surface area contributed by atoms with E-state index >= 15 is 0 Å². The van der Waals surface area contributed by atoms with Crippen molar-refractivity contribution in [1.82, 2.24) is 5.32 Å². The van der Waals surface area contributed by atoms with Crippen LogP contribution in [0.25, 0.3) is 0 Å². The fourth-order valence-corrected chi connectivity index (χ4v) is 1.95. The second-order valence-electron chi connectivity index (χ2n) is 4.49. The molecule has 0 radical (unpaired) electrons. The molecule has 0 bridgehead atoms. The highest BCUT2D eigenvalue weighted by molar-refractivity contribution is 6.30. The Morgan fingerprint density at radius 3 is 2.50 bits per heavy atom. The van der Waals surface area contributed by atoms with Gasteiger partial charge in [-0.1, -0.05) is 23.7 Å². The van der Waals surface area contributed by atoms with Gasteiger partial charge in [-0.05, 0) is 42.8 Å². The first kappa shape index (κ1) is 14.3. The predicted octanol–water partition coefficient (Wildman–Crippen LogP) is 3.55. The number of hydrogen-bond acceptors (Lipinski definition) is 2. The molecule has 0 saturated carbocycles. The van der Waals surface area contributed by atoms with Crippen LogP contribution in [0.1, 0.15) is 28.9 Å². The molecule has 0 unspecified atom stereocenters. The summed E-state index contributed by atoms with van der Waals surface area (Å²) in [4.78, 5) is 12.0. The number of halogens is 2. The van der Waals surface area contributed by atoms with Crippen molar-refractivity contribution in [3.63, 3.8) is 0 Å². The van der Waals surface area contributed by atoms with E-state index in [4.69, 9.17) is 17.3 Å². The van der Waals surface area contributed by atoms with Gasteiger partial charge in [-0.3, -0.25) is 4.79 Å². The number of benzene rings is 2. The third-order valence-electron chi connectivity index (χ3n) is 2.96. The summed E-state index contributed by atoms with van der Waals surface area (Å²) in [6.07, 6.45) is 0. The molecule has 3 nitrogen and oxygen atoms in total. The molecule has 1 atom stereocenters. The van der Waals surface area contributed by atoms with E-state index in [1.807, 2.05) is 19.1 Å². The lowest BCUT2D eigenvalue weighted by Gasteiger charge is -2.15. The van der Waals surface area contributed by atoms with Crippen molar-refractivity contribution < 1.29 is 9.18 Å². The van der Waals surface area contributed by atoms with Gasteiger partial charge in [-0.25, -0.2) is 4.39 Å². The SMILES string of the molecule is C[C@H](NC(=O)c1ccc(N)cc1F)c1ccc(Cl)cc1. The summed E-state index contributed by atoms with van der Waals surface area (Å²) in [6, 6.07) is 10.8. The Labute approximate surface area is 121 Å². The Hall–Kier alpha value is -2.07. The molecule has 2 aromatic carbocycles. The van der Waals surface area contributed by atoms with Gasteiger partial charge in [0.05, 0.1) is 11.6 Å². The van der Waals surface area contributed by atoms with Gasteiger partial charge < -0.3 is 11.1 Å². The Morgan fingerprint density at radius 2 is 1.90 bits per heavy atom. The lowest BCUT2D eigenvalue weighted by molar-refractivity contribution is 0.0936. The zero-order valence-electron chi connectivity index (χ0n) is 10.9. The van der Waals surface area contributed by atoms with E-state index in [-0.39, 0.29) is 17.3 Å². The van der Waals surface area contributed by atoms with Crippen molar-refractivity contribution in [2.75, 3.05) is 5.73 Å². The number of amides is 1. The van der Waals surface area contributed by atoms with Gasteiger partial charge in [0.25, 0.3) is 5.91 Å². The van der Waals surface area contributed by atoms with Crippen LogP contribution in [0.15, 0.2) is 42.5 Å². The molecule has 104 valence electrons. The average molecular weight is 293 g/mol. The molecule has 3 N–H and O–H groups in total. The summed E-state index contributed by atoms with van der Waals surface area (Å²) in [6.45, 7) is 1.82. The molecule has 1 amide bonds. The number of nitrogens with two attached hydrogens (primary N) is 1. The second-order valence-corrected chi connectivity index (χ2v) is 4.92. The van der Waals surface area contributed by atoms with Crippen molar-refractivity contribution >= 4 is 23.2 Å². The number of nitrogens with one attached hydrogen (secondary N) is 1. The van der Waals surface area contributed by atoms with Gasteiger partial charge in [0.15, 0.2) is 0 Å². The van der Waals surface area contributed by atoms with Crippen molar-refractivity contribution in [3.05, 3.63) is 64.4 Å². The Bertz CT molecular complexity index is 628. The minimum atomic E-state index is -0.634. The first-order chi connectivity index (χ1) is 9.47. The quantitative estimate of drug-likeness (QED) is 0.850. The average Bonchev–Trinajstić information content (AvgIpc) is 2.39. The normalized spacial score (nSPS) is 11.9. The fourth-order valence-electron chi connectivity index (χ4n) is 1.82. The summed E-state index contributed by atoms with van der Waals surface area (Å²) in [5, 5.41) is 3.35. The van der Waals surface area contributed by atoms with Gasteiger partial charge in [-0.15, -0.1) is 0 Å². The molecule has 20 heavy (non-hydrogen) atoms. The Morgan fingerprint density at radius 1 is 1.25 bits per heavy atom. The van der Waals surface area contributed by atoms with Crippen molar-refractivity contribution in [1.29, 1.82) is 0 Å². The molecule has 0 aliphatic heterocycles. The van der Waals surface area contributed by atoms with Crippen LogP contribution >= 0.6 is 11.6 Å². The van der Waals surface area contributed by atoms with E-state index in [0.717, 1.165) is 11.6 Å². The maximum absolute atomic E-state index is 13.6. The van der Waals surface area contributed by atoms with Crippen LogP contribution in [0.3, 0.4) is 0 Å². The van der Waals surface area contributed by atoms with Crippen LogP contribution in [0.5, 0.6) is 0 Å². The summed E-state index contributed by atoms with van der Waals surface area (Å²) in [5.41, 5.74) is 6.59. The molecule has 2 aromatic rings. The Balaban J connectivity index is 2.13. The molecule has 0 aliphatic rings. The minimum absolute atomic E-state index is 0.0278. The smallest absolute Gasteiger partial charge is 0.254 e. The molecule has 0 spiro atoms. The molecular weight excluding hydrogens is 279 g/mol. The summed E-state index contributed by atoms with van der Waals surface area (Å²) in [5.74, 6) is -1.12. The standard InChI is InChI=1S/C15H14ClFN2O/c1-9(10-2-4-11(16)5-3-10)19-15(20)13-7-6-12(18)8-14(13)17/h2-9H,18H2,1H3,(H,19,20)/t9-/m0/s1. The first-order valence-corrected chi connectivity index (χ1v) is 6.46. The molecule has 0 aliphatic carbocycles. The van der Waals surface area contributed by atoms with Crippen LogP contribution in [-0.4, -0.2) is 5.91 Å². The number of nitrogen functional groups attached to an aromatic ring is 1. The van der Waals surface area contributed by atoms with Crippen LogP contribution in [-0.2, 0) is 0 Å². The lowest BCUT2D eigenvalue weighted by Crippen LogP contribution is -2.27. The molecule has 5 heteroatoms. The number of rotatable bonds is 3. The van der Waals surface area contributed by atoms with Crippen molar-refractivity contribution in [3.8, 4) is 0 Å². The number of carbonyl (C=O) groups excluding carboxylic acids is 1. The number of hydrogen-bond donors (Lipinski definition) is 2. The van der Waals surface area contributed by atoms with E-state index in [9.17, 15) is 9.18 Å². The third-order valence-corrected chi connectivity index (χ3v) is 3.21. The predicted molar refractivity (Wildman–Crippen MR) is 78.1 cm³/mol. The van der Waals surface area contributed by atoms with Crippen LogP contribution in [0.2, 0.25) is 5.02 Å². The number of anilines is 1. The van der Waals surface area contributed by atoms with Gasteiger partial charge in [-0.2, -0.15) is 0 Å². The highest BCUT2D eigenvalue weighted by Crippen LogP contribution is 2.18. The zero-order chi connectivity index (χ0) is 14.7. The topological polar surface area (TPSA) is 55.1 Å². The molecule has 0 saturated heterocycles. The molecule has 0 heterocycles. The molecule has 0 fully saturated rings. The second kappa shape index (κ2) is 5.92. The van der Waals surface area contributed by atoms with Gasteiger partial charge in [0.2, 0.25) is 0 Å². The number of carbonyl (C=O) groups is 1. The summed E-state index contributed by atoms with van der Waals surface area (Å²) < 4.78 is 13.6. The van der Waals surface area contributed by atoms with E-state index in [0.29, 0.717) is 5.02 Å². The Kier molecular flexibility index (Phi) is 4.25. The van der Waals surface area contributed by atoms with Crippen molar-refractivity contribution in [2.45, 2.75) is 13.0 Å². The van der Waals surface area contributed by atoms with Gasteiger partial charge in [0.1, 0.15) is 5.82 Å². The van der Waals surface area contributed by atoms with Gasteiger partial charge in [0, 0.05) is 10.7 Å². The van der Waals surface area contributed by atoms with E-state index in [1.54, 1.807) is 12.1 Å². The summed E-state index contributed by atoms with van der Waals surface area (Å²) in [7, 11) is 0. The van der Waals surface area contributed by atoms with Crippen LogP contribution < -0.4 is 11.1 Å². The minimum Gasteiger partial charge on any atom is -0.399 e. The van der Waals surface area contributed by atoms with Crippen LogP contribution in [0.4, 0.5) is 10.1 Å². The molecule has 2 rings (SSSR count). The van der Waals surface area contributed by atoms with Crippen molar-refractivity contribution in [2.24, 2.45) is 0 Å².